The molecule has 0 unspecified atom stereocenters. The average Bonchev–Trinajstić information content (AvgIpc) is 3.38. The quantitative estimate of drug-likeness (QED) is 0.720. The Morgan fingerprint density at radius 3 is 2.46 bits per heavy atom. The zero-order valence-corrected chi connectivity index (χ0v) is 17.5. The van der Waals surface area contributed by atoms with Gasteiger partial charge in [0.1, 0.15) is 0 Å². The lowest BCUT2D eigenvalue weighted by atomic mass is 9.78. The highest BCUT2D eigenvalue weighted by Gasteiger charge is 2.41. The first-order chi connectivity index (χ1) is 13.7. The summed E-state index contributed by atoms with van der Waals surface area (Å²) in [6, 6.07) is 8.90. The average molecular weight is 383 g/mol. The van der Waals surface area contributed by atoms with Crippen LogP contribution in [0.5, 0.6) is 0 Å². The highest BCUT2D eigenvalue weighted by atomic mass is 16.5. The van der Waals surface area contributed by atoms with Gasteiger partial charge in [0.25, 0.3) is 0 Å². The molecule has 152 valence electrons. The predicted octanol–water partition coefficient (Wildman–Crippen LogP) is 4.16. The Balaban J connectivity index is 1.41. The molecule has 2 fully saturated rings. The summed E-state index contributed by atoms with van der Waals surface area (Å²) in [7, 11) is 2.15. The Labute approximate surface area is 169 Å². The Hall–Kier alpha value is -1.72. The van der Waals surface area contributed by atoms with Gasteiger partial charge in [-0.15, -0.1) is 0 Å². The van der Waals surface area contributed by atoms with Crippen LogP contribution < -0.4 is 0 Å². The summed E-state index contributed by atoms with van der Waals surface area (Å²) in [6.45, 7) is 7.53. The minimum atomic E-state index is -0.0676. The smallest absolute Gasteiger partial charge is 0.240 e. The number of nitrogens with zero attached hydrogens (tertiary/aromatic N) is 4. The second-order valence-electron chi connectivity index (χ2n) is 8.81. The molecule has 5 heteroatoms. The molecule has 1 aromatic carbocycles. The normalized spacial score (nSPS) is 20.1. The third-order valence-corrected chi connectivity index (χ3v) is 6.61. The van der Waals surface area contributed by atoms with Gasteiger partial charge in [0.15, 0.2) is 5.82 Å². The minimum absolute atomic E-state index is 0.0676. The van der Waals surface area contributed by atoms with Crippen molar-refractivity contribution in [3.05, 3.63) is 47.1 Å². The molecule has 0 radical (unpaired) electrons. The molecule has 0 amide bonds. The molecule has 0 atom stereocenters. The fourth-order valence-electron chi connectivity index (χ4n) is 4.81. The van der Waals surface area contributed by atoms with Crippen molar-refractivity contribution in [3.8, 4) is 0 Å². The number of hydrogen-bond donors (Lipinski definition) is 0. The number of benzene rings is 1. The van der Waals surface area contributed by atoms with E-state index >= 15 is 0 Å². The Morgan fingerprint density at radius 2 is 1.75 bits per heavy atom. The van der Waals surface area contributed by atoms with Gasteiger partial charge in [0, 0.05) is 13.1 Å². The second kappa shape index (κ2) is 8.75. The highest BCUT2D eigenvalue weighted by molar-refractivity contribution is 5.35. The summed E-state index contributed by atoms with van der Waals surface area (Å²) in [5, 5.41) is 4.45. The molecule has 5 nitrogen and oxygen atoms in total. The fourth-order valence-corrected chi connectivity index (χ4v) is 4.81. The van der Waals surface area contributed by atoms with Crippen LogP contribution in [-0.2, 0) is 12.0 Å². The van der Waals surface area contributed by atoms with E-state index in [1.54, 1.807) is 0 Å². The van der Waals surface area contributed by atoms with E-state index in [0.717, 1.165) is 44.2 Å². The minimum Gasteiger partial charge on any atom is -0.338 e. The maximum atomic E-state index is 5.69. The Bertz CT molecular complexity index is 742. The molecule has 2 aromatic rings. The molecule has 2 heterocycles. The summed E-state index contributed by atoms with van der Waals surface area (Å²) < 4.78 is 5.69. The van der Waals surface area contributed by atoms with Gasteiger partial charge in [-0.2, -0.15) is 4.98 Å². The second-order valence-corrected chi connectivity index (χ2v) is 8.81. The largest absolute Gasteiger partial charge is 0.338 e. The van der Waals surface area contributed by atoms with Crippen LogP contribution in [0.2, 0.25) is 0 Å². The molecule has 2 aliphatic rings. The molecule has 0 N–H and O–H groups in total. The summed E-state index contributed by atoms with van der Waals surface area (Å²) in [5.41, 5.74) is 2.56. The third-order valence-electron chi connectivity index (χ3n) is 6.61. The molecular formula is C23H34N4O. The van der Waals surface area contributed by atoms with Crippen molar-refractivity contribution < 1.29 is 4.52 Å². The molecule has 0 spiro atoms. The van der Waals surface area contributed by atoms with Crippen LogP contribution in [0.3, 0.4) is 0 Å². The van der Waals surface area contributed by atoms with Crippen molar-refractivity contribution in [1.29, 1.82) is 0 Å². The van der Waals surface area contributed by atoms with Crippen LogP contribution in [-0.4, -0.2) is 53.2 Å². The van der Waals surface area contributed by atoms with Crippen LogP contribution in [0.15, 0.2) is 28.8 Å². The van der Waals surface area contributed by atoms with Crippen LogP contribution in [0, 0.1) is 6.92 Å². The van der Waals surface area contributed by atoms with E-state index in [2.05, 4.69) is 53.2 Å². The highest BCUT2D eigenvalue weighted by Crippen LogP contribution is 2.45. The predicted molar refractivity (Wildman–Crippen MR) is 111 cm³/mol. The topological polar surface area (TPSA) is 45.4 Å². The maximum absolute atomic E-state index is 5.69. The van der Waals surface area contributed by atoms with Crippen molar-refractivity contribution in [2.24, 2.45) is 0 Å². The van der Waals surface area contributed by atoms with E-state index in [1.807, 2.05) is 0 Å². The number of aryl methyl sites for hydroxylation is 1. The van der Waals surface area contributed by atoms with Crippen molar-refractivity contribution in [2.45, 2.75) is 63.8 Å². The number of aromatic nitrogens is 2. The van der Waals surface area contributed by atoms with E-state index in [1.165, 1.54) is 56.3 Å². The SMILES string of the molecule is Cc1ccc(C2(c3noc(CN(C)CCN4CCCCC4)n3)CCCC2)cc1. The fraction of sp³-hybridized carbons (Fsp3) is 0.652. The van der Waals surface area contributed by atoms with E-state index < -0.39 is 0 Å². The number of likely N-dealkylation sites (N-methyl/N-ethyl adjacent to an activating group) is 1. The van der Waals surface area contributed by atoms with Crippen LogP contribution in [0.1, 0.15) is 67.8 Å². The molecule has 1 aromatic heterocycles. The molecule has 0 bridgehead atoms. The van der Waals surface area contributed by atoms with Gasteiger partial charge in [-0.3, -0.25) is 4.90 Å². The van der Waals surface area contributed by atoms with Crippen molar-refractivity contribution in [2.75, 3.05) is 33.2 Å². The van der Waals surface area contributed by atoms with Gasteiger partial charge in [-0.1, -0.05) is 54.2 Å². The number of rotatable bonds is 7. The zero-order valence-electron chi connectivity index (χ0n) is 17.5. The van der Waals surface area contributed by atoms with Crippen LogP contribution >= 0.6 is 0 Å². The van der Waals surface area contributed by atoms with E-state index in [4.69, 9.17) is 9.51 Å². The molecule has 1 aliphatic heterocycles. The number of likely N-dealkylation sites (tertiary alicyclic amines) is 1. The molecule has 1 aliphatic carbocycles. The molecule has 4 rings (SSSR count). The van der Waals surface area contributed by atoms with Gasteiger partial charge in [-0.25, -0.2) is 0 Å². The standard InChI is InChI=1S/C23H34N4O/c1-19-8-10-20(11-9-19)23(12-4-5-13-23)22-24-21(28-25-22)18-26(2)16-17-27-14-6-3-7-15-27/h8-11H,3-7,12-18H2,1-2H3. The van der Waals surface area contributed by atoms with Crippen molar-refractivity contribution >= 4 is 0 Å². The van der Waals surface area contributed by atoms with Crippen molar-refractivity contribution in [1.82, 2.24) is 19.9 Å². The first kappa shape index (κ1) is 19.6. The molecule has 1 saturated carbocycles. The summed E-state index contributed by atoms with van der Waals surface area (Å²) >= 11 is 0. The van der Waals surface area contributed by atoms with E-state index in [0.29, 0.717) is 0 Å². The third kappa shape index (κ3) is 4.31. The van der Waals surface area contributed by atoms with E-state index in [9.17, 15) is 0 Å². The summed E-state index contributed by atoms with van der Waals surface area (Å²) in [4.78, 5) is 9.74. The van der Waals surface area contributed by atoms with Gasteiger partial charge in [-0.05, 0) is 58.3 Å². The Kier molecular flexibility index (Phi) is 6.12. The van der Waals surface area contributed by atoms with Gasteiger partial charge in [0.2, 0.25) is 5.89 Å². The lowest BCUT2D eigenvalue weighted by Gasteiger charge is -2.28. The lowest BCUT2D eigenvalue weighted by molar-refractivity contribution is 0.185. The molecule has 1 saturated heterocycles. The van der Waals surface area contributed by atoms with E-state index in [-0.39, 0.29) is 5.41 Å². The number of piperidine rings is 1. The zero-order chi connectivity index (χ0) is 19.4. The summed E-state index contributed by atoms with van der Waals surface area (Å²) in [6.07, 6.45) is 8.76. The van der Waals surface area contributed by atoms with Crippen LogP contribution in [0.25, 0.3) is 0 Å². The lowest BCUT2D eigenvalue weighted by Crippen LogP contribution is -2.36. The molecular weight excluding hydrogens is 348 g/mol. The molecule has 28 heavy (non-hydrogen) atoms. The number of hydrogen-bond acceptors (Lipinski definition) is 5. The summed E-state index contributed by atoms with van der Waals surface area (Å²) in [5.74, 6) is 1.63. The van der Waals surface area contributed by atoms with Gasteiger partial charge >= 0.3 is 0 Å². The Morgan fingerprint density at radius 1 is 1.04 bits per heavy atom. The maximum Gasteiger partial charge on any atom is 0.240 e. The van der Waals surface area contributed by atoms with Crippen LogP contribution in [0.4, 0.5) is 0 Å². The van der Waals surface area contributed by atoms with Gasteiger partial charge < -0.3 is 9.42 Å². The van der Waals surface area contributed by atoms with Crippen molar-refractivity contribution in [3.63, 3.8) is 0 Å². The first-order valence-corrected chi connectivity index (χ1v) is 11.0. The first-order valence-electron chi connectivity index (χ1n) is 11.0. The van der Waals surface area contributed by atoms with Gasteiger partial charge in [0.05, 0.1) is 12.0 Å². The monoisotopic (exact) mass is 382 g/mol.